The molecule has 0 saturated heterocycles. The number of hydrogen-bond acceptors (Lipinski definition) is 2. The van der Waals surface area contributed by atoms with Crippen molar-refractivity contribution in [2.75, 3.05) is 0 Å². The van der Waals surface area contributed by atoms with E-state index in [4.69, 9.17) is 10.5 Å². The second kappa shape index (κ2) is 6.10. The summed E-state index contributed by atoms with van der Waals surface area (Å²) < 4.78 is 6.11. The highest BCUT2D eigenvalue weighted by molar-refractivity contribution is 5.44. The maximum atomic E-state index is 6.11. The third kappa shape index (κ3) is 3.20. The Morgan fingerprint density at radius 1 is 0.950 bits per heavy atom. The predicted octanol–water partition coefficient (Wildman–Crippen LogP) is 4.93. The van der Waals surface area contributed by atoms with E-state index in [9.17, 15) is 0 Å². The van der Waals surface area contributed by atoms with E-state index in [0.717, 1.165) is 22.6 Å². The molecule has 1 unspecified atom stereocenters. The molecular formula is C18H23NO. The third-order valence-electron chi connectivity index (χ3n) is 3.51. The topological polar surface area (TPSA) is 35.2 Å². The summed E-state index contributed by atoms with van der Waals surface area (Å²) in [4.78, 5) is 0. The molecule has 1 atom stereocenters. The summed E-state index contributed by atoms with van der Waals surface area (Å²) in [5.41, 5.74) is 9.45. The number of ether oxygens (including phenoxy) is 1. The van der Waals surface area contributed by atoms with E-state index in [2.05, 4.69) is 39.0 Å². The molecule has 2 nitrogen and oxygen atoms in total. The number of benzene rings is 2. The first-order valence-corrected chi connectivity index (χ1v) is 7.12. The predicted molar refractivity (Wildman–Crippen MR) is 84.4 cm³/mol. The summed E-state index contributed by atoms with van der Waals surface area (Å²) in [5.74, 6) is 2.23. The summed E-state index contributed by atoms with van der Waals surface area (Å²) in [7, 11) is 0. The zero-order chi connectivity index (χ0) is 14.7. The van der Waals surface area contributed by atoms with Gasteiger partial charge in [0.1, 0.15) is 11.5 Å². The lowest BCUT2D eigenvalue weighted by atomic mass is 10.0. The molecule has 0 fully saturated rings. The Morgan fingerprint density at radius 3 is 2.30 bits per heavy atom. The number of nitrogens with two attached hydrogens (primary N) is 1. The molecule has 2 heteroatoms. The fraction of sp³-hybridized carbons (Fsp3) is 0.333. The minimum Gasteiger partial charge on any atom is -0.457 e. The van der Waals surface area contributed by atoms with Crippen LogP contribution in [0.4, 0.5) is 0 Å². The van der Waals surface area contributed by atoms with Gasteiger partial charge in [-0.25, -0.2) is 0 Å². The Balaban J connectivity index is 2.37. The van der Waals surface area contributed by atoms with E-state index in [-0.39, 0.29) is 6.04 Å². The normalized spacial score (nSPS) is 12.5. The van der Waals surface area contributed by atoms with Crippen molar-refractivity contribution in [2.24, 2.45) is 5.73 Å². The van der Waals surface area contributed by atoms with Crippen LogP contribution in [-0.2, 0) is 0 Å². The first-order valence-electron chi connectivity index (χ1n) is 7.12. The van der Waals surface area contributed by atoms with Gasteiger partial charge >= 0.3 is 0 Å². The highest BCUT2D eigenvalue weighted by atomic mass is 16.5. The van der Waals surface area contributed by atoms with Crippen molar-refractivity contribution in [2.45, 2.75) is 39.7 Å². The van der Waals surface area contributed by atoms with Crippen LogP contribution in [0.2, 0.25) is 0 Å². The molecule has 0 saturated carbocycles. The molecule has 0 aliphatic heterocycles. The van der Waals surface area contributed by atoms with Crippen molar-refractivity contribution in [3.05, 3.63) is 59.2 Å². The summed E-state index contributed by atoms with van der Waals surface area (Å²) in [6, 6.07) is 14.3. The zero-order valence-electron chi connectivity index (χ0n) is 12.7. The van der Waals surface area contributed by atoms with Gasteiger partial charge in [-0.1, -0.05) is 44.2 Å². The quantitative estimate of drug-likeness (QED) is 0.854. The molecular weight excluding hydrogens is 246 g/mol. The van der Waals surface area contributed by atoms with E-state index in [1.807, 2.05) is 31.2 Å². The van der Waals surface area contributed by atoms with Crippen LogP contribution in [0.1, 0.15) is 49.4 Å². The van der Waals surface area contributed by atoms with Gasteiger partial charge in [-0.3, -0.25) is 0 Å². The standard InChI is InChI=1S/C18H23NO/c1-12(2)15-10-9-13(3)18(11-15)20-17-8-6-5-7-16(17)14(4)19/h5-12,14H,19H2,1-4H3. The highest BCUT2D eigenvalue weighted by Crippen LogP contribution is 2.32. The van der Waals surface area contributed by atoms with E-state index >= 15 is 0 Å². The summed E-state index contributed by atoms with van der Waals surface area (Å²) >= 11 is 0. The lowest BCUT2D eigenvalue weighted by molar-refractivity contribution is 0.467. The van der Waals surface area contributed by atoms with Crippen LogP contribution in [-0.4, -0.2) is 0 Å². The highest BCUT2D eigenvalue weighted by Gasteiger charge is 2.10. The van der Waals surface area contributed by atoms with Gasteiger partial charge in [0.2, 0.25) is 0 Å². The molecule has 2 aromatic carbocycles. The minimum absolute atomic E-state index is 0.0419. The zero-order valence-corrected chi connectivity index (χ0v) is 12.7. The molecule has 0 bridgehead atoms. The third-order valence-corrected chi connectivity index (χ3v) is 3.51. The molecule has 2 rings (SSSR count). The van der Waals surface area contributed by atoms with Gasteiger partial charge < -0.3 is 10.5 Å². The van der Waals surface area contributed by atoms with E-state index in [1.165, 1.54) is 5.56 Å². The van der Waals surface area contributed by atoms with Crippen molar-refractivity contribution >= 4 is 0 Å². The lowest BCUT2D eigenvalue weighted by Crippen LogP contribution is -2.06. The van der Waals surface area contributed by atoms with Crippen LogP contribution in [0.15, 0.2) is 42.5 Å². The SMILES string of the molecule is Cc1ccc(C(C)C)cc1Oc1ccccc1C(C)N. The first kappa shape index (κ1) is 14.6. The maximum absolute atomic E-state index is 6.11. The molecule has 0 aromatic heterocycles. The maximum Gasteiger partial charge on any atom is 0.132 e. The van der Waals surface area contributed by atoms with Crippen LogP contribution in [0, 0.1) is 6.92 Å². The fourth-order valence-electron chi connectivity index (χ4n) is 2.15. The summed E-state index contributed by atoms with van der Waals surface area (Å²) in [6.45, 7) is 8.40. The first-order chi connectivity index (χ1) is 9.49. The summed E-state index contributed by atoms with van der Waals surface area (Å²) in [5, 5.41) is 0. The van der Waals surface area contributed by atoms with Crippen molar-refractivity contribution < 1.29 is 4.74 Å². The van der Waals surface area contributed by atoms with Crippen molar-refractivity contribution in [1.29, 1.82) is 0 Å². The number of para-hydroxylation sites is 1. The van der Waals surface area contributed by atoms with E-state index in [1.54, 1.807) is 0 Å². The summed E-state index contributed by atoms with van der Waals surface area (Å²) in [6.07, 6.45) is 0. The second-order valence-corrected chi connectivity index (χ2v) is 5.61. The van der Waals surface area contributed by atoms with Gasteiger partial charge in [0, 0.05) is 11.6 Å². The Kier molecular flexibility index (Phi) is 4.46. The molecule has 0 spiro atoms. The minimum atomic E-state index is -0.0419. The lowest BCUT2D eigenvalue weighted by Gasteiger charge is -2.16. The van der Waals surface area contributed by atoms with Crippen molar-refractivity contribution in [3.63, 3.8) is 0 Å². The Morgan fingerprint density at radius 2 is 1.65 bits per heavy atom. The van der Waals surface area contributed by atoms with Crippen molar-refractivity contribution in [1.82, 2.24) is 0 Å². The van der Waals surface area contributed by atoms with Gasteiger partial charge in [-0.15, -0.1) is 0 Å². The van der Waals surface area contributed by atoms with Gasteiger partial charge in [-0.2, -0.15) is 0 Å². The van der Waals surface area contributed by atoms with Crippen LogP contribution >= 0.6 is 0 Å². The van der Waals surface area contributed by atoms with Crippen molar-refractivity contribution in [3.8, 4) is 11.5 Å². The van der Waals surface area contributed by atoms with Gasteiger partial charge in [0.05, 0.1) is 0 Å². The fourth-order valence-corrected chi connectivity index (χ4v) is 2.15. The molecule has 0 aliphatic rings. The Labute approximate surface area is 121 Å². The largest absolute Gasteiger partial charge is 0.457 e. The Hall–Kier alpha value is -1.80. The molecule has 0 amide bonds. The smallest absolute Gasteiger partial charge is 0.132 e. The van der Waals surface area contributed by atoms with Crippen LogP contribution in [0.3, 0.4) is 0 Å². The molecule has 0 heterocycles. The van der Waals surface area contributed by atoms with Crippen LogP contribution < -0.4 is 10.5 Å². The molecule has 0 aliphatic carbocycles. The van der Waals surface area contributed by atoms with E-state index < -0.39 is 0 Å². The second-order valence-electron chi connectivity index (χ2n) is 5.61. The molecule has 2 N–H and O–H groups in total. The average molecular weight is 269 g/mol. The van der Waals surface area contributed by atoms with Gasteiger partial charge in [0.15, 0.2) is 0 Å². The molecule has 20 heavy (non-hydrogen) atoms. The van der Waals surface area contributed by atoms with Gasteiger partial charge in [-0.05, 0) is 43.0 Å². The number of aryl methyl sites for hydroxylation is 1. The number of hydrogen-bond donors (Lipinski definition) is 1. The number of rotatable bonds is 4. The Bertz CT molecular complexity index is 588. The van der Waals surface area contributed by atoms with Gasteiger partial charge in [0.25, 0.3) is 0 Å². The average Bonchev–Trinajstić information content (AvgIpc) is 2.41. The van der Waals surface area contributed by atoms with Crippen LogP contribution in [0.25, 0.3) is 0 Å². The van der Waals surface area contributed by atoms with E-state index in [0.29, 0.717) is 5.92 Å². The molecule has 0 radical (unpaired) electrons. The van der Waals surface area contributed by atoms with Crippen LogP contribution in [0.5, 0.6) is 11.5 Å². The monoisotopic (exact) mass is 269 g/mol. The molecule has 2 aromatic rings. The molecule has 106 valence electrons.